The maximum atomic E-state index is 12.1. The third-order valence-electron chi connectivity index (χ3n) is 4.81. The highest BCUT2D eigenvalue weighted by molar-refractivity contribution is 5.75. The van der Waals surface area contributed by atoms with Gasteiger partial charge in [0.2, 0.25) is 0 Å². The van der Waals surface area contributed by atoms with Crippen molar-refractivity contribution in [3.05, 3.63) is 23.4 Å². The number of carbonyl (C=O) groups is 1. The second kappa shape index (κ2) is 6.15. The van der Waals surface area contributed by atoms with Crippen LogP contribution in [0.1, 0.15) is 50.3 Å². The molecule has 1 saturated heterocycles. The van der Waals surface area contributed by atoms with Crippen molar-refractivity contribution in [1.29, 1.82) is 0 Å². The van der Waals surface area contributed by atoms with E-state index in [0.717, 1.165) is 43.0 Å². The third-order valence-corrected chi connectivity index (χ3v) is 4.81. The molecule has 0 bridgehead atoms. The number of hydrogen-bond donors (Lipinski definition) is 2. The van der Waals surface area contributed by atoms with E-state index in [-0.39, 0.29) is 11.6 Å². The van der Waals surface area contributed by atoms with E-state index < -0.39 is 0 Å². The van der Waals surface area contributed by atoms with Gasteiger partial charge in [0.1, 0.15) is 5.82 Å². The standard InChI is InChI=1S/C17H26N4O/c1-13-6-7-14(15(19-13)21-10-3-4-11-21)12-18-16(22)20-17(2)8-5-9-17/h6-7H,3-5,8-12H2,1-2H3,(H2,18,20,22). The van der Waals surface area contributed by atoms with Gasteiger partial charge in [-0.3, -0.25) is 0 Å². The number of urea groups is 1. The van der Waals surface area contributed by atoms with Crippen LogP contribution in [0, 0.1) is 6.92 Å². The Kier molecular flexibility index (Phi) is 4.23. The number of aryl methyl sites for hydroxylation is 1. The van der Waals surface area contributed by atoms with Crippen LogP contribution in [0.5, 0.6) is 0 Å². The van der Waals surface area contributed by atoms with E-state index in [0.29, 0.717) is 6.54 Å². The number of hydrogen-bond acceptors (Lipinski definition) is 3. The molecule has 0 radical (unpaired) electrons. The number of anilines is 1. The summed E-state index contributed by atoms with van der Waals surface area (Å²) in [4.78, 5) is 19.1. The first-order chi connectivity index (χ1) is 10.6. The van der Waals surface area contributed by atoms with Crippen LogP contribution in [0.4, 0.5) is 10.6 Å². The summed E-state index contributed by atoms with van der Waals surface area (Å²) < 4.78 is 0. The van der Waals surface area contributed by atoms with Crippen molar-refractivity contribution >= 4 is 11.8 Å². The van der Waals surface area contributed by atoms with E-state index in [1.165, 1.54) is 19.3 Å². The average Bonchev–Trinajstić information content (AvgIpc) is 2.98. The molecule has 0 unspecified atom stereocenters. The minimum Gasteiger partial charge on any atom is -0.356 e. The van der Waals surface area contributed by atoms with E-state index in [2.05, 4.69) is 33.5 Å². The minimum absolute atomic E-state index is 0.00656. The van der Waals surface area contributed by atoms with Gasteiger partial charge in [-0.2, -0.15) is 0 Å². The monoisotopic (exact) mass is 302 g/mol. The first-order valence-electron chi connectivity index (χ1n) is 8.33. The van der Waals surface area contributed by atoms with Gasteiger partial charge in [0, 0.05) is 36.4 Å². The van der Waals surface area contributed by atoms with Crippen LogP contribution < -0.4 is 15.5 Å². The van der Waals surface area contributed by atoms with E-state index in [9.17, 15) is 4.79 Å². The predicted octanol–water partition coefficient (Wildman–Crippen LogP) is 2.73. The van der Waals surface area contributed by atoms with Crippen molar-refractivity contribution in [1.82, 2.24) is 15.6 Å². The third kappa shape index (κ3) is 3.34. The van der Waals surface area contributed by atoms with Gasteiger partial charge >= 0.3 is 6.03 Å². The van der Waals surface area contributed by atoms with Crippen LogP contribution in [-0.2, 0) is 6.54 Å². The summed E-state index contributed by atoms with van der Waals surface area (Å²) in [5, 5.41) is 6.07. The van der Waals surface area contributed by atoms with Crippen LogP contribution in [0.2, 0.25) is 0 Å². The number of nitrogens with one attached hydrogen (secondary N) is 2. The molecule has 2 N–H and O–H groups in total. The summed E-state index contributed by atoms with van der Waals surface area (Å²) in [6.45, 7) is 6.78. The van der Waals surface area contributed by atoms with Gasteiger partial charge in [-0.15, -0.1) is 0 Å². The second-order valence-corrected chi connectivity index (χ2v) is 6.85. The summed E-state index contributed by atoms with van der Waals surface area (Å²) in [6, 6.07) is 4.03. The number of carbonyl (C=O) groups excluding carboxylic acids is 1. The van der Waals surface area contributed by atoms with Gasteiger partial charge in [-0.25, -0.2) is 9.78 Å². The van der Waals surface area contributed by atoms with E-state index in [4.69, 9.17) is 0 Å². The Balaban J connectivity index is 1.63. The number of aromatic nitrogens is 1. The lowest BCUT2D eigenvalue weighted by Crippen LogP contribution is -2.54. The highest BCUT2D eigenvalue weighted by atomic mass is 16.2. The van der Waals surface area contributed by atoms with Gasteiger partial charge < -0.3 is 15.5 Å². The second-order valence-electron chi connectivity index (χ2n) is 6.85. The molecule has 0 spiro atoms. The molecule has 5 nitrogen and oxygen atoms in total. The zero-order valence-corrected chi connectivity index (χ0v) is 13.6. The predicted molar refractivity (Wildman–Crippen MR) is 88.0 cm³/mol. The Bertz CT molecular complexity index is 548. The quantitative estimate of drug-likeness (QED) is 0.899. The Morgan fingerprint density at radius 3 is 2.64 bits per heavy atom. The summed E-state index contributed by atoms with van der Waals surface area (Å²) in [7, 11) is 0. The Labute approximate surface area is 132 Å². The highest BCUT2D eigenvalue weighted by Crippen LogP contribution is 2.30. The maximum absolute atomic E-state index is 12.1. The lowest BCUT2D eigenvalue weighted by molar-refractivity contribution is 0.191. The number of rotatable bonds is 4. The Morgan fingerprint density at radius 1 is 1.27 bits per heavy atom. The minimum atomic E-state index is -0.0739. The molecule has 1 aromatic heterocycles. The number of pyridine rings is 1. The molecule has 1 saturated carbocycles. The smallest absolute Gasteiger partial charge is 0.315 e. The zero-order valence-electron chi connectivity index (χ0n) is 13.6. The van der Waals surface area contributed by atoms with Crippen LogP contribution in [0.15, 0.2) is 12.1 Å². The van der Waals surface area contributed by atoms with Crippen molar-refractivity contribution in [3.8, 4) is 0 Å². The molecule has 1 aromatic rings. The van der Waals surface area contributed by atoms with Crippen LogP contribution in [0.25, 0.3) is 0 Å². The van der Waals surface area contributed by atoms with Gasteiger partial charge in [-0.05, 0) is 52.0 Å². The fourth-order valence-corrected chi connectivity index (χ4v) is 3.24. The van der Waals surface area contributed by atoms with Crippen molar-refractivity contribution in [3.63, 3.8) is 0 Å². The van der Waals surface area contributed by atoms with Crippen molar-refractivity contribution in [2.24, 2.45) is 0 Å². The van der Waals surface area contributed by atoms with E-state index >= 15 is 0 Å². The molecule has 0 atom stereocenters. The lowest BCUT2D eigenvalue weighted by atomic mass is 9.79. The summed E-state index contributed by atoms with van der Waals surface area (Å²) in [5.74, 6) is 1.03. The summed E-state index contributed by atoms with van der Waals surface area (Å²) in [6.07, 6.45) is 5.80. The van der Waals surface area contributed by atoms with Crippen molar-refractivity contribution in [2.45, 2.75) is 58.0 Å². The average molecular weight is 302 g/mol. The number of nitrogens with zero attached hydrogens (tertiary/aromatic N) is 2. The Morgan fingerprint density at radius 2 is 2.00 bits per heavy atom. The number of amides is 2. The highest BCUT2D eigenvalue weighted by Gasteiger charge is 2.33. The van der Waals surface area contributed by atoms with Crippen LogP contribution >= 0.6 is 0 Å². The van der Waals surface area contributed by atoms with Gasteiger partial charge in [0.15, 0.2) is 0 Å². The molecule has 120 valence electrons. The van der Waals surface area contributed by atoms with E-state index in [1.54, 1.807) is 0 Å². The SMILES string of the molecule is Cc1ccc(CNC(=O)NC2(C)CCC2)c(N2CCCC2)n1. The topological polar surface area (TPSA) is 57.3 Å². The molecule has 22 heavy (non-hydrogen) atoms. The molecular weight excluding hydrogens is 276 g/mol. The van der Waals surface area contributed by atoms with Crippen molar-refractivity contribution < 1.29 is 4.79 Å². The first-order valence-corrected chi connectivity index (χ1v) is 8.33. The lowest BCUT2D eigenvalue weighted by Gasteiger charge is -2.39. The van der Waals surface area contributed by atoms with Gasteiger partial charge in [-0.1, -0.05) is 6.07 Å². The largest absolute Gasteiger partial charge is 0.356 e. The molecule has 1 aliphatic carbocycles. The van der Waals surface area contributed by atoms with E-state index in [1.807, 2.05) is 13.0 Å². The van der Waals surface area contributed by atoms with Crippen LogP contribution in [0.3, 0.4) is 0 Å². The molecule has 1 aliphatic heterocycles. The molecular formula is C17H26N4O. The molecule has 5 heteroatoms. The summed E-state index contributed by atoms with van der Waals surface area (Å²) >= 11 is 0. The summed E-state index contributed by atoms with van der Waals surface area (Å²) in [5.41, 5.74) is 2.12. The fourth-order valence-electron chi connectivity index (χ4n) is 3.24. The van der Waals surface area contributed by atoms with Crippen LogP contribution in [-0.4, -0.2) is 29.6 Å². The molecule has 3 rings (SSSR count). The van der Waals surface area contributed by atoms with Gasteiger partial charge in [0.25, 0.3) is 0 Å². The molecule has 0 aromatic carbocycles. The normalized spacial score (nSPS) is 19.6. The molecule has 2 amide bonds. The molecule has 2 aliphatic rings. The molecule has 2 fully saturated rings. The fraction of sp³-hybridized carbons (Fsp3) is 0.647. The first kappa shape index (κ1) is 15.1. The maximum Gasteiger partial charge on any atom is 0.315 e. The van der Waals surface area contributed by atoms with Crippen molar-refractivity contribution in [2.75, 3.05) is 18.0 Å². The molecule has 2 heterocycles. The zero-order chi connectivity index (χ0) is 15.6. The van der Waals surface area contributed by atoms with Gasteiger partial charge in [0.05, 0.1) is 0 Å². The Hall–Kier alpha value is -1.78.